The molecule has 2 aromatic carbocycles. The van der Waals surface area contributed by atoms with Crippen molar-refractivity contribution < 1.29 is 24.3 Å². The number of carbonyl (C=O) groups excluding carboxylic acids is 3. The lowest BCUT2D eigenvalue weighted by Crippen LogP contribution is -2.61. The largest absolute Gasteiger partial charge is 0.480 e. The number of fused-ring (bicyclic) bond motifs is 1. The predicted molar refractivity (Wildman–Crippen MR) is 138 cm³/mol. The summed E-state index contributed by atoms with van der Waals surface area (Å²) in [6.07, 6.45) is 0.678. The minimum atomic E-state index is -1.16. The molecule has 4 N–H and O–H groups in total. The average molecular weight is 495 g/mol. The molecule has 4 amide bonds. The lowest BCUT2D eigenvalue weighted by atomic mass is 9.96. The van der Waals surface area contributed by atoms with Gasteiger partial charge in [-0.05, 0) is 29.5 Å². The van der Waals surface area contributed by atoms with Crippen molar-refractivity contribution in [2.45, 2.75) is 58.7 Å². The van der Waals surface area contributed by atoms with Crippen molar-refractivity contribution in [2.24, 2.45) is 11.8 Å². The lowest BCUT2D eigenvalue weighted by Gasteiger charge is -2.39. The molecule has 2 aromatic rings. The number of benzene rings is 2. The Morgan fingerprint density at radius 2 is 1.64 bits per heavy atom. The second-order valence-corrected chi connectivity index (χ2v) is 9.47. The van der Waals surface area contributed by atoms with E-state index in [1.807, 2.05) is 33.8 Å². The highest BCUT2D eigenvalue weighted by Gasteiger charge is 2.40. The summed E-state index contributed by atoms with van der Waals surface area (Å²) in [4.78, 5) is 53.0. The van der Waals surface area contributed by atoms with E-state index in [0.29, 0.717) is 17.8 Å². The molecular formula is C27H34N4O5. The van der Waals surface area contributed by atoms with Crippen LogP contribution in [0.25, 0.3) is 0 Å². The molecule has 192 valence electrons. The second-order valence-electron chi connectivity index (χ2n) is 9.47. The van der Waals surface area contributed by atoms with Crippen LogP contribution in [0.1, 0.15) is 39.7 Å². The highest BCUT2D eigenvalue weighted by atomic mass is 16.4. The number of carboxylic acids is 1. The Morgan fingerprint density at radius 3 is 2.25 bits per heavy atom. The first-order chi connectivity index (χ1) is 17.1. The smallest absolute Gasteiger partial charge is 0.326 e. The Kier molecular flexibility index (Phi) is 8.68. The molecule has 0 bridgehead atoms. The number of amides is 4. The van der Waals surface area contributed by atoms with Crippen LogP contribution in [0.3, 0.4) is 0 Å². The third-order valence-corrected chi connectivity index (χ3v) is 6.49. The van der Waals surface area contributed by atoms with E-state index in [9.17, 15) is 24.3 Å². The summed E-state index contributed by atoms with van der Waals surface area (Å²) < 4.78 is 0. The SMILES string of the molecule is CC[C@H](C)[C@@H](NC(=O)N1c2ccccc2NC(=O)[C@@H]1C(C)C)C(=O)N[C@@H](Cc1ccccc1)C(=O)O. The molecule has 3 rings (SSSR count). The summed E-state index contributed by atoms with van der Waals surface area (Å²) in [5, 5.41) is 18.0. The summed E-state index contributed by atoms with van der Waals surface area (Å²) in [6.45, 7) is 7.39. The van der Waals surface area contributed by atoms with Crippen LogP contribution < -0.4 is 20.9 Å². The number of aliphatic carboxylic acids is 1. The van der Waals surface area contributed by atoms with E-state index in [-0.39, 0.29) is 24.2 Å². The number of carbonyl (C=O) groups is 4. The van der Waals surface area contributed by atoms with Crippen LogP contribution in [-0.2, 0) is 20.8 Å². The normalized spacial score (nSPS) is 17.4. The minimum Gasteiger partial charge on any atom is -0.480 e. The Bertz CT molecular complexity index is 1100. The van der Waals surface area contributed by atoms with Gasteiger partial charge in [-0.1, -0.05) is 76.6 Å². The highest BCUT2D eigenvalue weighted by molar-refractivity contribution is 6.12. The van der Waals surface area contributed by atoms with Gasteiger partial charge >= 0.3 is 12.0 Å². The van der Waals surface area contributed by atoms with Gasteiger partial charge in [-0.2, -0.15) is 0 Å². The zero-order valence-corrected chi connectivity index (χ0v) is 21.0. The van der Waals surface area contributed by atoms with E-state index >= 15 is 0 Å². The van der Waals surface area contributed by atoms with E-state index in [4.69, 9.17) is 0 Å². The van der Waals surface area contributed by atoms with Gasteiger partial charge in [0.15, 0.2) is 0 Å². The van der Waals surface area contributed by atoms with E-state index in [0.717, 1.165) is 5.56 Å². The standard InChI is InChI=1S/C27H34N4O5/c1-5-17(4)22(24(32)29-20(26(34)35)15-18-11-7-6-8-12-18)30-27(36)31-21-14-10-9-13-19(21)28-25(33)23(31)16(2)3/h6-14,16-17,20,22-23H,5,15H2,1-4H3,(H,28,33)(H,29,32)(H,30,36)(H,34,35)/t17-,20-,22+,23-/m0/s1. The molecule has 1 heterocycles. The van der Waals surface area contributed by atoms with Gasteiger partial charge < -0.3 is 21.1 Å². The quantitative estimate of drug-likeness (QED) is 0.425. The molecule has 0 aromatic heterocycles. The first-order valence-corrected chi connectivity index (χ1v) is 12.2. The topological polar surface area (TPSA) is 128 Å². The van der Waals surface area contributed by atoms with E-state index < -0.39 is 36.0 Å². The Balaban J connectivity index is 1.85. The number of hydrogen-bond acceptors (Lipinski definition) is 4. The first kappa shape index (κ1) is 26.7. The summed E-state index contributed by atoms with van der Waals surface area (Å²) in [5.41, 5.74) is 1.81. The van der Waals surface area contributed by atoms with Gasteiger partial charge in [0.2, 0.25) is 11.8 Å². The maximum Gasteiger partial charge on any atom is 0.326 e. The van der Waals surface area contributed by atoms with Crippen LogP contribution in [0.5, 0.6) is 0 Å². The zero-order chi connectivity index (χ0) is 26.4. The number of anilines is 2. The van der Waals surface area contributed by atoms with Gasteiger partial charge in [-0.15, -0.1) is 0 Å². The molecule has 0 radical (unpaired) electrons. The molecule has 0 saturated heterocycles. The predicted octanol–water partition coefficient (Wildman–Crippen LogP) is 3.41. The molecule has 1 aliphatic heterocycles. The van der Waals surface area contributed by atoms with Crippen LogP contribution in [0.2, 0.25) is 0 Å². The molecule has 0 aliphatic carbocycles. The molecule has 0 spiro atoms. The van der Waals surface area contributed by atoms with Gasteiger partial charge in [0.25, 0.3) is 0 Å². The summed E-state index contributed by atoms with van der Waals surface area (Å²) in [5.74, 6) is -2.54. The highest BCUT2D eigenvalue weighted by Crippen LogP contribution is 2.34. The minimum absolute atomic E-state index is 0.109. The fourth-order valence-electron chi connectivity index (χ4n) is 4.32. The van der Waals surface area contributed by atoms with Gasteiger partial charge in [0.1, 0.15) is 18.1 Å². The zero-order valence-electron chi connectivity index (χ0n) is 21.0. The molecule has 0 saturated carbocycles. The summed E-state index contributed by atoms with van der Waals surface area (Å²) >= 11 is 0. The second kappa shape index (κ2) is 11.7. The van der Waals surface area contributed by atoms with Crippen molar-refractivity contribution in [2.75, 3.05) is 10.2 Å². The summed E-state index contributed by atoms with van der Waals surface area (Å²) in [7, 11) is 0. The van der Waals surface area contributed by atoms with E-state index in [1.54, 1.807) is 48.5 Å². The van der Waals surface area contributed by atoms with Crippen LogP contribution in [0.4, 0.5) is 16.2 Å². The monoisotopic (exact) mass is 494 g/mol. The van der Waals surface area contributed by atoms with Crippen molar-refractivity contribution in [3.8, 4) is 0 Å². The van der Waals surface area contributed by atoms with Crippen molar-refractivity contribution in [1.29, 1.82) is 0 Å². The van der Waals surface area contributed by atoms with Gasteiger partial charge in [-0.3, -0.25) is 14.5 Å². The Labute approximate surface area is 211 Å². The summed E-state index contributed by atoms with van der Waals surface area (Å²) in [6, 6.07) is 12.5. The van der Waals surface area contributed by atoms with Crippen LogP contribution in [0, 0.1) is 11.8 Å². The van der Waals surface area contributed by atoms with Crippen molar-refractivity contribution in [1.82, 2.24) is 10.6 Å². The Hall–Kier alpha value is -3.88. The molecule has 4 atom stereocenters. The first-order valence-electron chi connectivity index (χ1n) is 12.2. The number of urea groups is 1. The molecule has 36 heavy (non-hydrogen) atoms. The number of carboxylic acid groups (broad SMARTS) is 1. The molecule has 1 aliphatic rings. The van der Waals surface area contributed by atoms with E-state index in [2.05, 4.69) is 16.0 Å². The fourth-order valence-corrected chi connectivity index (χ4v) is 4.32. The van der Waals surface area contributed by atoms with E-state index in [1.165, 1.54) is 4.90 Å². The third-order valence-electron chi connectivity index (χ3n) is 6.49. The van der Waals surface area contributed by atoms with Crippen LogP contribution in [0.15, 0.2) is 54.6 Å². The van der Waals surface area contributed by atoms with Gasteiger partial charge in [-0.25, -0.2) is 9.59 Å². The number of nitrogens with zero attached hydrogens (tertiary/aromatic N) is 1. The van der Waals surface area contributed by atoms with Gasteiger partial charge in [0, 0.05) is 6.42 Å². The van der Waals surface area contributed by atoms with Gasteiger partial charge in [0.05, 0.1) is 11.4 Å². The molecule has 9 nitrogen and oxygen atoms in total. The van der Waals surface area contributed by atoms with Crippen molar-refractivity contribution in [3.05, 3.63) is 60.2 Å². The lowest BCUT2D eigenvalue weighted by molar-refractivity contribution is -0.142. The van der Waals surface area contributed by atoms with Crippen molar-refractivity contribution in [3.63, 3.8) is 0 Å². The Morgan fingerprint density at radius 1 is 1.00 bits per heavy atom. The number of rotatable bonds is 9. The molecule has 0 unspecified atom stereocenters. The maximum atomic E-state index is 13.6. The fraction of sp³-hybridized carbons (Fsp3) is 0.407. The van der Waals surface area contributed by atoms with Crippen LogP contribution >= 0.6 is 0 Å². The van der Waals surface area contributed by atoms with Crippen molar-refractivity contribution >= 4 is 35.2 Å². The average Bonchev–Trinajstić information content (AvgIpc) is 2.85. The number of nitrogens with one attached hydrogen (secondary N) is 3. The third kappa shape index (κ3) is 6.02. The molecule has 9 heteroatoms. The number of para-hydroxylation sites is 2. The maximum absolute atomic E-state index is 13.6. The molecular weight excluding hydrogens is 460 g/mol. The van der Waals surface area contributed by atoms with Crippen LogP contribution in [-0.4, -0.2) is 47.0 Å². The molecule has 0 fully saturated rings. The number of hydrogen-bond donors (Lipinski definition) is 4.